The van der Waals surface area contributed by atoms with E-state index in [1.807, 2.05) is 41.5 Å². The van der Waals surface area contributed by atoms with Crippen molar-refractivity contribution < 1.29 is 48.3 Å². The van der Waals surface area contributed by atoms with Crippen LogP contribution < -0.4 is 48.3 Å². The van der Waals surface area contributed by atoms with Gasteiger partial charge in [0.05, 0.1) is 6.04 Å². The highest BCUT2D eigenvalue weighted by atomic mass is 16.4. The van der Waals surface area contributed by atoms with Crippen LogP contribution in [-0.4, -0.2) is 113 Å². The van der Waals surface area contributed by atoms with Gasteiger partial charge >= 0.3 is 5.97 Å². The van der Waals surface area contributed by atoms with Crippen molar-refractivity contribution in [1.29, 1.82) is 0 Å². The number of carboxylic acids is 1. The minimum absolute atomic E-state index is 0.0340. The molecule has 0 unspecified atom stereocenters. The lowest BCUT2D eigenvalue weighted by molar-refractivity contribution is -0.141. The first-order valence-electron chi connectivity index (χ1n) is 18.7. The summed E-state index contributed by atoms with van der Waals surface area (Å²) in [6, 6.07) is -9.72. The summed E-state index contributed by atoms with van der Waals surface area (Å²) in [6.45, 7) is 19.3. The van der Waals surface area contributed by atoms with Crippen LogP contribution in [0.3, 0.4) is 0 Å². The highest BCUT2D eigenvalue weighted by Gasteiger charge is 2.32. The molecule has 0 saturated heterocycles. The molecule has 0 aliphatic carbocycles. The summed E-state index contributed by atoms with van der Waals surface area (Å²) in [5.74, 6) is -6.82. The highest BCUT2D eigenvalue weighted by Crippen LogP contribution is 2.10. The Bertz CT molecular complexity index is 1370. The Morgan fingerprint density at radius 3 is 0.855 bits per heavy atom. The van der Waals surface area contributed by atoms with E-state index >= 15 is 0 Å². The van der Waals surface area contributed by atoms with Crippen LogP contribution in [0.2, 0.25) is 0 Å². The topological polar surface area (TPSA) is 296 Å². The lowest BCUT2D eigenvalue weighted by atomic mass is 9.99. The minimum Gasteiger partial charge on any atom is -0.480 e. The van der Waals surface area contributed by atoms with Gasteiger partial charge in [-0.3, -0.25) is 43.2 Å². The molecule has 0 aromatic heterocycles. The van der Waals surface area contributed by atoms with Gasteiger partial charge in [-0.1, -0.05) is 41.5 Å². The molecule has 0 bridgehead atoms. The van der Waals surface area contributed by atoms with E-state index in [0.29, 0.717) is 0 Å². The summed E-state index contributed by atoms with van der Waals surface area (Å²) < 4.78 is 0. The van der Waals surface area contributed by atoms with Gasteiger partial charge in [-0.05, 0) is 78.6 Å². The molecule has 0 spiro atoms. The van der Waals surface area contributed by atoms with E-state index in [2.05, 4.69) is 42.5 Å². The first kappa shape index (κ1) is 50.2. The third-order valence-electron chi connectivity index (χ3n) is 8.17. The van der Waals surface area contributed by atoms with Crippen molar-refractivity contribution in [2.45, 2.75) is 157 Å². The molecular weight excluding hydrogens is 718 g/mol. The van der Waals surface area contributed by atoms with Gasteiger partial charge in [-0.25, -0.2) is 0 Å². The first-order chi connectivity index (χ1) is 25.3. The summed E-state index contributed by atoms with van der Waals surface area (Å²) in [5, 5.41) is 29.2. The maximum atomic E-state index is 13.5. The fourth-order valence-corrected chi connectivity index (χ4v) is 4.95. The van der Waals surface area contributed by atoms with Gasteiger partial charge in [0.25, 0.3) is 0 Å². The van der Waals surface area contributed by atoms with Gasteiger partial charge in [0.1, 0.15) is 48.3 Å². The summed E-state index contributed by atoms with van der Waals surface area (Å²) >= 11 is 0. The van der Waals surface area contributed by atoms with Gasteiger partial charge in [-0.2, -0.15) is 0 Å². The molecule has 19 heteroatoms. The number of nitrogens with two attached hydrogens (primary N) is 1. The van der Waals surface area contributed by atoms with E-state index in [1.54, 1.807) is 0 Å². The number of hydrogen-bond donors (Lipinski definition) is 10. The average Bonchev–Trinajstić information content (AvgIpc) is 3.05. The van der Waals surface area contributed by atoms with Crippen LogP contribution in [0.5, 0.6) is 0 Å². The van der Waals surface area contributed by atoms with Crippen LogP contribution in [0.1, 0.15) is 102 Å². The van der Waals surface area contributed by atoms with Gasteiger partial charge in [-0.15, -0.1) is 0 Å². The Morgan fingerprint density at radius 2 is 0.582 bits per heavy atom. The molecule has 55 heavy (non-hydrogen) atoms. The van der Waals surface area contributed by atoms with Crippen LogP contribution in [-0.2, 0) is 43.2 Å². The third kappa shape index (κ3) is 19.4. The molecular formula is C36H65N9O10. The number of hydrogen-bond acceptors (Lipinski definition) is 10. The largest absolute Gasteiger partial charge is 0.480 e. The Morgan fingerprint density at radius 1 is 0.364 bits per heavy atom. The van der Waals surface area contributed by atoms with E-state index in [0.717, 1.165) is 0 Å². The Labute approximate surface area is 323 Å². The van der Waals surface area contributed by atoms with Crippen LogP contribution in [0.15, 0.2) is 0 Å². The molecule has 0 aromatic carbocycles. The lowest BCUT2D eigenvalue weighted by Gasteiger charge is -2.27. The van der Waals surface area contributed by atoms with Crippen molar-refractivity contribution in [3.8, 4) is 0 Å². The molecule has 0 heterocycles. The van der Waals surface area contributed by atoms with Gasteiger partial charge in [0, 0.05) is 0 Å². The van der Waals surface area contributed by atoms with E-state index in [-0.39, 0.29) is 37.0 Å². The van der Waals surface area contributed by atoms with Crippen molar-refractivity contribution in [2.75, 3.05) is 0 Å². The smallest absolute Gasteiger partial charge is 0.325 e. The number of rotatable bonds is 23. The van der Waals surface area contributed by atoms with E-state index in [1.165, 1.54) is 41.5 Å². The lowest BCUT2D eigenvalue weighted by Crippen LogP contribution is -2.59. The second-order valence-electron chi connectivity index (χ2n) is 15.4. The molecule has 0 aliphatic rings. The Hall–Kier alpha value is -4.81. The first-order valence-corrected chi connectivity index (χ1v) is 18.7. The number of amides is 8. The Balaban J connectivity index is 5.66. The zero-order valence-corrected chi connectivity index (χ0v) is 34.2. The van der Waals surface area contributed by atoms with Crippen molar-refractivity contribution in [3.63, 3.8) is 0 Å². The fourth-order valence-electron chi connectivity index (χ4n) is 4.95. The Kier molecular flexibility index (Phi) is 21.8. The maximum absolute atomic E-state index is 13.5. The van der Waals surface area contributed by atoms with Crippen LogP contribution in [0, 0.1) is 17.8 Å². The van der Waals surface area contributed by atoms with Crippen molar-refractivity contribution in [3.05, 3.63) is 0 Å². The van der Waals surface area contributed by atoms with Crippen LogP contribution in [0.25, 0.3) is 0 Å². The molecule has 0 aliphatic heterocycles. The van der Waals surface area contributed by atoms with Crippen molar-refractivity contribution in [1.82, 2.24) is 42.5 Å². The van der Waals surface area contributed by atoms with E-state index in [4.69, 9.17) is 10.8 Å². The van der Waals surface area contributed by atoms with Crippen molar-refractivity contribution >= 4 is 53.2 Å². The molecule has 19 nitrogen and oxygen atoms in total. The number of carboxylic acid groups (broad SMARTS) is 1. The maximum Gasteiger partial charge on any atom is 0.325 e. The molecule has 11 N–H and O–H groups in total. The monoisotopic (exact) mass is 783 g/mol. The number of nitrogens with one attached hydrogen (secondary N) is 8. The summed E-state index contributed by atoms with van der Waals surface area (Å²) in [4.78, 5) is 114. The van der Waals surface area contributed by atoms with Gasteiger partial charge in [0.15, 0.2) is 0 Å². The zero-order valence-electron chi connectivity index (χ0n) is 34.2. The quantitative estimate of drug-likeness (QED) is 0.0571. The molecule has 0 saturated carbocycles. The molecule has 9 atom stereocenters. The van der Waals surface area contributed by atoms with Gasteiger partial charge < -0.3 is 53.4 Å². The second-order valence-corrected chi connectivity index (χ2v) is 15.4. The summed E-state index contributed by atoms with van der Waals surface area (Å²) in [7, 11) is 0. The molecule has 0 aromatic rings. The van der Waals surface area contributed by atoms with E-state index < -0.39 is 108 Å². The second kappa shape index (κ2) is 23.9. The molecule has 8 amide bonds. The SMILES string of the molecule is CC(C)C[C@H](NC(=O)[C@H](C)NC(=O)[C@H](C)N)C(=O)N[C@@H](C)C(=O)N[C@@H](C)C(=O)N[C@@H](CC(C)C)C(=O)N[C@@H](CC(C)C)C(=O)N[C@@H](C)C(=O)N[C@@H](C)C(=O)O. The van der Waals surface area contributed by atoms with Gasteiger partial charge in [0.2, 0.25) is 47.3 Å². The van der Waals surface area contributed by atoms with Crippen molar-refractivity contribution in [2.24, 2.45) is 23.5 Å². The summed E-state index contributed by atoms with van der Waals surface area (Å²) in [5.41, 5.74) is 5.55. The normalized spacial score (nSPS) is 16.1. The van der Waals surface area contributed by atoms with Crippen LogP contribution in [0.4, 0.5) is 0 Å². The highest BCUT2D eigenvalue weighted by molar-refractivity contribution is 5.97. The number of carbonyl (C=O) groups is 9. The molecule has 0 radical (unpaired) electrons. The third-order valence-corrected chi connectivity index (χ3v) is 8.17. The summed E-state index contributed by atoms with van der Waals surface area (Å²) in [6.07, 6.45) is 0.571. The molecule has 0 fully saturated rings. The molecule has 0 rings (SSSR count). The van der Waals surface area contributed by atoms with Crippen LogP contribution >= 0.6 is 0 Å². The standard InChI is InChI=1S/C36H65N9O10/c1-16(2)13-25(43-31(49)22(10)38-28(46)19(7)37)33(51)40-20(8)29(47)39-23(11)32(50)44-27(15-18(5)6)35(53)45-26(14-17(3)4)34(52)41-21(9)30(48)42-24(12)36(54)55/h16-27H,13-15,37H2,1-12H3,(H,38,46)(H,39,47)(H,40,51)(H,41,52)(H,42,48)(H,43,49)(H,44,50)(H,45,53)(H,54,55)/t19-,20-,21-,22-,23-,24-,25-,26-,27-/m0/s1. The molecule has 314 valence electrons. The number of carbonyl (C=O) groups excluding carboxylic acids is 8. The fraction of sp³-hybridized carbons (Fsp3) is 0.750. The average molecular weight is 784 g/mol. The number of aliphatic carboxylic acids is 1. The predicted octanol–water partition coefficient (Wildman–Crippen LogP) is -1.47. The predicted molar refractivity (Wildman–Crippen MR) is 203 cm³/mol. The minimum atomic E-state index is -1.25. The zero-order chi connectivity index (χ0) is 42.9. The van der Waals surface area contributed by atoms with E-state index in [9.17, 15) is 43.2 Å².